The minimum absolute atomic E-state index is 0.0413. The van der Waals surface area contributed by atoms with Gasteiger partial charge in [0.25, 0.3) is 0 Å². The van der Waals surface area contributed by atoms with Crippen molar-refractivity contribution >= 4 is 61.2 Å². The van der Waals surface area contributed by atoms with Gasteiger partial charge in [-0.25, -0.2) is 22.8 Å². The molecule has 0 saturated heterocycles. The Morgan fingerprint density at radius 2 is 0.832 bits per heavy atom. The lowest BCUT2D eigenvalue weighted by molar-refractivity contribution is -0.721. The Morgan fingerprint density at radius 1 is 0.336 bits per heavy atom. The molecule has 17 nitrogen and oxygen atoms in total. The molecule has 3 N–H and O–H groups in total. The molecule has 0 amide bonds. The van der Waals surface area contributed by atoms with Gasteiger partial charge in [-0.2, -0.15) is 19.1 Å². The predicted octanol–water partition coefficient (Wildman–Crippen LogP) is 15.1. The zero-order chi connectivity index (χ0) is 87.3. The van der Waals surface area contributed by atoms with E-state index in [1.54, 1.807) is 84.9 Å². The molecule has 620 valence electrons. The fourth-order valence-corrected chi connectivity index (χ4v) is 13.8. The van der Waals surface area contributed by atoms with Crippen LogP contribution in [-0.2, 0) is 28.2 Å². The molecule has 0 aliphatic heterocycles. The van der Waals surface area contributed by atoms with Crippen LogP contribution < -0.4 is 72.2 Å². The summed E-state index contributed by atoms with van der Waals surface area (Å²) in [6.07, 6.45) is 39.4. The number of nitrogens with one attached hydrogen (secondary N) is 1. The van der Waals surface area contributed by atoms with Crippen LogP contribution in [0.25, 0.3) is 83.7 Å². The van der Waals surface area contributed by atoms with Crippen LogP contribution in [-0.4, -0.2) is 10.2 Å². The van der Waals surface area contributed by atoms with Gasteiger partial charge >= 0.3 is 0 Å². The summed E-state index contributed by atoms with van der Waals surface area (Å²) >= 11 is 0. The fourth-order valence-electron chi connectivity index (χ4n) is 13.8. The number of hydrogen-bond acceptors (Lipinski definition) is 8. The van der Waals surface area contributed by atoms with E-state index in [4.69, 9.17) is 0 Å². The fraction of sp³-hybridized carbons (Fsp3) is 0.0833. The smallest absolute Gasteiger partial charge is 0.218 e. The van der Waals surface area contributed by atoms with E-state index in [0.717, 1.165) is 94.5 Å². The maximum Gasteiger partial charge on any atom is 0.218 e. The molecule has 1 fully saturated rings. The summed E-state index contributed by atoms with van der Waals surface area (Å²) in [7, 11) is 7.80. The van der Waals surface area contributed by atoms with Crippen LogP contribution in [0, 0.1) is 0 Å². The number of aryl methyl sites for hydroxylation is 4. The van der Waals surface area contributed by atoms with E-state index >= 15 is 0 Å². The molecule has 0 spiro atoms. The highest BCUT2D eigenvalue weighted by Gasteiger charge is 2.22. The first-order valence-corrected chi connectivity index (χ1v) is 41.1. The molecule has 20 rings (SSSR count). The molecule has 0 bridgehead atoms. The number of phenolic OH excluding ortho intramolecular Hbond substituents is 2. The highest BCUT2D eigenvalue weighted by Crippen LogP contribution is 2.29. The number of hydrogen-bond donors (Lipinski definition) is 3. The summed E-state index contributed by atoms with van der Waals surface area (Å²) in [5.41, 5.74) is 13.6. The molecule has 9 heterocycles. The van der Waals surface area contributed by atoms with Crippen LogP contribution in [0.2, 0.25) is 0 Å². The standard InChI is InChI=1S/C17H13NO.C15H11NO.C14H13NO.C11H11N2.C11H9NO.3C10H9NO.C10H14N/c19-17-10-6-15(7-11-17)14-4-8-16(9-5-14)18-12-2-1-3-13-18;17-15-9-8-14(16-10-4-1-5-11-16)12-6-2-3-7-13(12)15;1-15-10-3-2-6-13(15)9-8-12-5-4-7-14(16)11-12;1-3-7-11(8-4-1)12-13-9-5-2-6-10-13;13-11-6-4-10(5-7-11)12-8-2-1-3-9-12;1-11-7-3-5-8-4-2-6-9(12)10(8)11;1-11-6-2-3-8-7-9(12)4-5-10(8)11;1-11-6-5-9-8(7-11)3-2-4-10(9)12;1-4-8-11(9-5-1)10-6-2-3-7-10/h1-13H;1-11H;2-11H,1H3;1-10,12H;1-9H;3*2-7H,1H3;1,4-5,8-10H,2-3,6-7H2/q;;;+1;;;;;+1/p+2/b;;9-8+;;;;;;. The van der Waals surface area contributed by atoms with Crippen molar-refractivity contribution in [3.05, 3.63) is 462 Å². The van der Waals surface area contributed by atoms with E-state index in [2.05, 4.69) is 69.4 Å². The van der Waals surface area contributed by atoms with E-state index in [-0.39, 0.29) is 28.7 Å². The van der Waals surface area contributed by atoms with Crippen LogP contribution in [0.5, 0.6) is 40.2 Å². The van der Waals surface area contributed by atoms with E-state index in [0.29, 0.717) is 11.5 Å². The van der Waals surface area contributed by atoms with Gasteiger partial charge in [-0.05, 0) is 126 Å². The minimum atomic E-state index is 0.0413. The molecule has 1 aliphatic carbocycles. The minimum Gasteiger partial charge on any atom is -0.872 e. The van der Waals surface area contributed by atoms with Crippen molar-refractivity contribution in [3.8, 4) is 68.4 Å². The molecule has 0 radical (unpaired) electrons. The summed E-state index contributed by atoms with van der Waals surface area (Å²) in [4.78, 5) is 0. The first kappa shape index (κ1) is 88.0. The van der Waals surface area contributed by atoms with Gasteiger partial charge in [-0.15, -0.1) is 23.0 Å². The monoisotopic (exact) mass is 1650 g/mol. The maximum atomic E-state index is 11.4. The summed E-state index contributed by atoms with van der Waals surface area (Å²) in [5.74, 6) is 0.929. The lowest BCUT2D eigenvalue weighted by Gasteiger charge is -2.07. The Kier molecular flexibility index (Phi) is 32.2. The van der Waals surface area contributed by atoms with Crippen LogP contribution in [0.3, 0.4) is 0 Å². The summed E-state index contributed by atoms with van der Waals surface area (Å²) in [6.45, 7) is 0. The van der Waals surface area contributed by atoms with Crippen LogP contribution in [0.15, 0.2) is 451 Å². The second kappa shape index (κ2) is 45.8. The second-order valence-corrected chi connectivity index (χ2v) is 29.3. The molecule has 125 heavy (non-hydrogen) atoms. The van der Waals surface area contributed by atoms with Crippen molar-refractivity contribution in [3.63, 3.8) is 0 Å². The van der Waals surface area contributed by atoms with Crippen LogP contribution in [0.1, 0.15) is 43.0 Å². The van der Waals surface area contributed by atoms with E-state index in [1.165, 1.54) is 25.7 Å². The quantitative estimate of drug-likeness (QED) is 0.118. The van der Waals surface area contributed by atoms with Crippen LogP contribution >= 0.6 is 0 Å². The number of nitrogens with zero attached hydrogens (tertiary/aromatic N) is 9. The van der Waals surface area contributed by atoms with E-state index < -0.39 is 0 Å². The molecule has 1 aliphatic rings. The first-order valence-electron chi connectivity index (χ1n) is 41.1. The number of fused-ring (bicyclic) bond motifs is 4. The summed E-state index contributed by atoms with van der Waals surface area (Å²) in [6, 6.07) is 113. The number of aromatic nitrogens is 9. The number of aromatic hydroxyl groups is 2. The molecular formula is C108H100N10O7+4. The highest BCUT2D eigenvalue weighted by atomic mass is 16.3. The van der Waals surface area contributed by atoms with Crippen molar-refractivity contribution in [2.75, 3.05) is 5.43 Å². The van der Waals surface area contributed by atoms with Crippen molar-refractivity contribution < 1.29 is 77.0 Å². The zero-order valence-corrected chi connectivity index (χ0v) is 70.2. The van der Waals surface area contributed by atoms with Crippen molar-refractivity contribution in [1.29, 1.82) is 0 Å². The number of pyridine rings is 9. The summed E-state index contributed by atoms with van der Waals surface area (Å²) < 4.78 is 18.1. The van der Waals surface area contributed by atoms with Gasteiger partial charge in [0, 0.05) is 168 Å². The number of rotatable bonds is 9. The van der Waals surface area contributed by atoms with Gasteiger partial charge in [0.1, 0.15) is 39.7 Å². The summed E-state index contributed by atoms with van der Waals surface area (Å²) in [5, 5.41) is 80.5. The molecule has 19 aromatic rings. The molecule has 1 saturated carbocycles. The van der Waals surface area contributed by atoms with Gasteiger partial charge in [0.2, 0.25) is 33.8 Å². The number of benzene rings is 10. The third kappa shape index (κ3) is 26.6. The molecular weight excluding hydrogens is 1550 g/mol. The Labute approximate surface area is 729 Å². The largest absolute Gasteiger partial charge is 0.872 e. The second-order valence-electron chi connectivity index (χ2n) is 29.3. The first-order chi connectivity index (χ1) is 61.0. The average molecular weight is 1650 g/mol. The third-order valence-electron chi connectivity index (χ3n) is 20.3. The Bertz CT molecular complexity index is 6400. The van der Waals surface area contributed by atoms with Crippen molar-refractivity contribution in [2.45, 2.75) is 31.7 Å². The van der Waals surface area contributed by atoms with Gasteiger partial charge < -0.3 is 35.7 Å². The molecule has 10 aromatic carbocycles. The lowest BCUT2D eigenvalue weighted by atomic mass is 10.1. The van der Waals surface area contributed by atoms with Gasteiger partial charge in [-0.3, -0.25) is 0 Å². The number of phenols is 2. The Morgan fingerprint density at radius 3 is 1.45 bits per heavy atom. The molecule has 9 aromatic heterocycles. The van der Waals surface area contributed by atoms with Crippen LogP contribution in [0.4, 0.5) is 5.69 Å². The molecule has 0 unspecified atom stereocenters. The topological polar surface area (TPSA) is 203 Å². The highest BCUT2D eigenvalue weighted by molar-refractivity contribution is 5.93. The van der Waals surface area contributed by atoms with E-state index in [9.17, 15) is 35.7 Å². The van der Waals surface area contributed by atoms with Gasteiger partial charge in [0.05, 0.1) is 11.1 Å². The third-order valence-corrected chi connectivity index (χ3v) is 20.3. The predicted molar refractivity (Wildman–Crippen MR) is 482 cm³/mol. The number of anilines is 1. The normalized spacial score (nSPS) is 11.1. The zero-order valence-electron chi connectivity index (χ0n) is 70.2. The van der Waals surface area contributed by atoms with Crippen molar-refractivity contribution in [1.82, 2.24) is 0 Å². The van der Waals surface area contributed by atoms with Gasteiger partial charge in [0.15, 0.2) is 99.0 Å². The Balaban J connectivity index is 0.000000129. The Hall–Kier alpha value is -16.3. The molecule has 0 atom stereocenters. The number of para-hydroxylation sites is 2. The average Bonchev–Trinajstić information content (AvgIpc) is 1.15. The SMILES string of the molecule is C[n+]1ccc2c([O-])cccc2c1.C[n+]1cccc2cc(O)ccc21.C[n+]1cccc2cccc([O-])c21.C[n+]1ccccc1/C=C/c1cccc([O-])c1.Oc1ccc(-[n+]2ccccc2)c2ccccc12.[O-]c1ccc(-[n+]2ccccc2)cc1.[O-]c1ccc(-c2ccc(-[n+]3ccccc3)cc2)cc1.c1cc[n+](C2CCCC2)cc1.c1ccc(N[n+]2ccccc2)cc1. The molecule has 17 heteroatoms. The van der Waals surface area contributed by atoms with Gasteiger partial charge in [-0.1, -0.05) is 156 Å². The van der Waals surface area contributed by atoms with Crippen molar-refractivity contribution in [2.24, 2.45) is 28.2 Å². The lowest BCUT2D eigenvalue weighted by Crippen LogP contribution is -2.40. The maximum absolute atomic E-state index is 11.4. The van der Waals surface area contributed by atoms with E-state index in [1.807, 2.05) is 384 Å².